The SMILES string of the molecule is CCn1c2ccccc2c2cc(C(Cc3c(O)c4ccccc4oc3=O)Cc3c(O)c4ccccc4oc3=O)ccc21. The molecule has 0 atom stereocenters. The van der Waals surface area contributed by atoms with Gasteiger partial charge in [-0.3, -0.25) is 0 Å². The number of aryl methyl sites for hydroxylation is 1. The van der Waals surface area contributed by atoms with Crippen LogP contribution in [0.2, 0.25) is 0 Å². The number of benzene rings is 4. The summed E-state index contributed by atoms with van der Waals surface area (Å²) in [5.41, 5.74) is 2.55. The Morgan fingerprint density at radius 2 is 1.14 bits per heavy atom. The molecule has 0 radical (unpaired) electrons. The summed E-state index contributed by atoms with van der Waals surface area (Å²) in [4.78, 5) is 26.3. The second kappa shape index (κ2) is 9.96. The lowest BCUT2D eigenvalue weighted by Crippen LogP contribution is -2.18. The Balaban J connectivity index is 1.43. The molecule has 208 valence electrons. The van der Waals surface area contributed by atoms with E-state index < -0.39 is 17.2 Å². The van der Waals surface area contributed by atoms with Gasteiger partial charge in [0, 0.05) is 28.4 Å². The first-order chi connectivity index (χ1) is 20.4. The Hall–Kier alpha value is -5.30. The van der Waals surface area contributed by atoms with Crippen LogP contribution in [0.3, 0.4) is 0 Å². The Kier molecular flexibility index (Phi) is 6.08. The van der Waals surface area contributed by atoms with Crippen LogP contribution in [0.1, 0.15) is 29.5 Å². The number of aromatic nitrogens is 1. The van der Waals surface area contributed by atoms with E-state index in [1.54, 1.807) is 48.5 Å². The van der Waals surface area contributed by atoms with Gasteiger partial charge in [0.05, 0.1) is 21.9 Å². The highest BCUT2D eigenvalue weighted by Crippen LogP contribution is 2.37. The van der Waals surface area contributed by atoms with Crippen LogP contribution in [0.4, 0.5) is 0 Å². The molecule has 7 aromatic rings. The molecule has 0 aliphatic heterocycles. The molecule has 4 aromatic carbocycles. The topological polar surface area (TPSA) is 106 Å². The molecule has 0 spiro atoms. The molecule has 0 saturated heterocycles. The Labute approximate surface area is 239 Å². The first-order valence-corrected chi connectivity index (χ1v) is 13.9. The van der Waals surface area contributed by atoms with Crippen LogP contribution in [0.25, 0.3) is 43.7 Å². The highest BCUT2D eigenvalue weighted by molar-refractivity contribution is 6.08. The normalized spacial score (nSPS) is 11.9. The van der Waals surface area contributed by atoms with Gasteiger partial charge in [0.15, 0.2) is 0 Å². The first kappa shape index (κ1) is 25.7. The lowest BCUT2D eigenvalue weighted by Gasteiger charge is -2.19. The third kappa shape index (κ3) is 4.05. The summed E-state index contributed by atoms with van der Waals surface area (Å²) in [7, 11) is 0. The van der Waals surface area contributed by atoms with Crippen LogP contribution >= 0.6 is 0 Å². The maximum absolute atomic E-state index is 13.2. The fraction of sp³-hybridized carbons (Fsp3) is 0.143. The monoisotopic (exact) mass is 557 g/mol. The summed E-state index contributed by atoms with van der Waals surface area (Å²) in [6, 6.07) is 27.9. The van der Waals surface area contributed by atoms with Gasteiger partial charge in [-0.1, -0.05) is 48.5 Å². The molecule has 7 heteroatoms. The number of fused-ring (bicyclic) bond motifs is 5. The molecular weight excluding hydrogens is 530 g/mol. The molecule has 0 unspecified atom stereocenters. The summed E-state index contributed by atoms with van der Waals surface area (Å²) in [6.45, 7) is 2.90. The molecular formula is C35H27NO6. The molecule has 0 bridgehead atoms. The quantitative estimate of drug-likeness (QED) is 0.213. The molecule has 7 nitrogen and oxygen atoms in total. The molecule has 0 saturated carbocycles. The zero-order chi connectivity index (χ0) is 29.0. The van der Waals surface area contributed by atoms with Crippen LogP contribution in [0.5, 0.6) is 11.5 Å². The third-order valence-corrected chi connectivity index (χ3v) is 8.24. The van der Waals surface area contributed by atoms with E-state index in [2.05, 4.69) is 29.7 Å². The predicted molar refractivity (Wildman–Crippen MR) is 164 cm³/mol. The highest BCUT2D eigenvalue weighted by Gasteiger charge is 2.25. The maximum atomic E-state index is 13.2. The smallest absolute Gasteiger partial charge is 0.343 e. The Morgan fingerprint density at radius 3 is 1.71 bits per heavy atom. The average Bonchev–Trinajstić information content (AvgIpc) is 3.33. The zero-order valence-electron chi connectivity index (χ0n) is 22.8. The van der Waals surface area contributed by atoms with E-state index in [1.807, 2.05) is 24.3 Å². The highest BCUT2D eigenvalue weighted by atomic mass is 16.4. The van der Waals surface area contributed by atoms with Gasteiger partial charge >= 0.3 is 11.3 Å². The van der Waals surface area contributed by atoms with E-state index in [1.165, 1.54) is 0 Å². The molecule has 42 heavy (non-hydrogen) atoms. The lowest BCUT2D eigenvalue weighted by molar-refractivity contribution is 0.443. The number of hydrogen-bond acceptors (Lipinski definition) is 6. The molecule has 0 amide bonds. The van der Waals surface area contributed by atoms with Gasteiger partial charge in [-0.2, -0.15) is 0 Å². The van der Waals surface area contributed by atoms with E-state index in [9.17, 15) is 19.8 Å². The molecule has 0 aliphatic carbocycles. The fourth-order valence-corrected chi connectivity index (χ4v) is 6.17. The summed E-state index contributed by atoms with van der Waals surface area (Å²) >= 11 is 0. The number of aromatic hydroxyl groups is 2. The Morgan fingerprint density at radius 1 is 0.643 bits per heavy atom. The zero-order valence-corrected chi connectivity index (χ0v) is 22.8. The van der Waals surface area contributed by atoms with Crippen molar-refractivity contribution in [3.63, 3.8) is 0 Å². The average molecular weight is 558 g/mol. The molecule has 2 N–H and O–H groups in total. The van der Waals surface area contributed by atoms with Crippen molar-refractivity contribution in [2.75, 3.05) is 0 Å². The molecule has 3 heterocycles. The van der Waals surface area contributed by atoms with E-state index in [-0.39, 0.29) is 35.5 Å². The van der Waals surface area contributed by atoms with Gasteiger partial charge in [0.2, 0.25) is 0 Å². The second-order valence-electron chi connectivity index (χ2n) is 10.6. The van der Waals surface area contributed by atoms with Gasteiger partial charge in [-0.15, -0.1) is 0 Å². The minimum atomic E-state index is -0.644. The van der Waals surface area contributed by atoms with Crippen molar-refractivity contribution in [1.82, 2.24) is 4.57 Å². The van der Waals surface area contributed by atoms with Gasteiger partial charge < -0.3 is 23.6 Å². The summed E-state index contributed by atoms with van der Waals surface area (Å²) in [5.74, 6) is -0.779. The van der Waals surface area contributed by atoms with E-state index in [4.69, 9.17) is 8.83 Å². The van der Waals surface area contributed by atoms with E-state index in [0.29, 0.717) is 21.9 Å². The van der Waals surface area contributed by atoms with Crippen molar-refractivity contribution in [2.45, 2.75) is 32.2 Å². The van der Waals surface area contributed by atoms with Crippen LogP contribution in [0, 0.1) is 0 Å². The van der Waals surface area contributed by atoms with Gasteiger partial charge in [0.1, 0.15) is 22.7 Å². The standard InChI is InChI=1S/C35H27NO6/c1-2-36-28-12-6-3-9-22(28)25-17-20(15-16-29(25)36)21(18-26-32(37)23-10-4-7-13-30(23)41-34(26)39)19-27-33(38)24-11-5-8-14-31(24)42-35(27)40/h3-17,21,37-38H,2,18-19H2,1H3. The van der Waals surface area contributed by atoms with Crippen molar-refractivity contribution in [2.24, 2.45) is 0 Å². The number of rotatable bonds is 6. The van der Waals surface area contributed by atoms with E-state index >= 15 is 0 Å². The largest absolute Gasteiger partial charge is 0.507 e. The maximum Gasteiger partial charge on any atom is 0.343 e. The van der Waals surface area contributed by atoms with Gasteiger partial charge in [-0.25, -0.2) is 9.59 Å². The van der Waals surface area contributed by atoms with Crippen molar-refractivity contribution in [3.8, 4) is 11.5 Å². The van der Waals surface area contributed by atoms with Crippen LogP contribution in [0.15, 0.2) is 109 Å². The molecule has 0 aliphatic rings. The van der Waals surface area contributed by atoms with Crippen LogP contribution in [-0.2, 0) is 19.4 Å². The van der Waals surface area contributed by atoms with E-state index in [0.717, 1.165) is 33.9 Å². The predicted octanol–water partition coefficient (Wildman–Crippen LogP) is 7.01. The van der Waals surface area contributed by atoms with Crippen molar-refractivity contribution < 1.29 is 19.0 Å². The third-order valence-electron chi connectivity index (χ3n) is 8.24. The molecule has 7 rings (SSSR count). The van der Waals surface area contributed by atoms with Crippen molar-refractivity contribution in [1.29, 1.82) is 0 Å². The Bertz CT molecular complexity index is 2170. The minimum absolute atomic E-state index is 0.0721. The minimum Gasteiger partial charge on any atom is -0.507 e. The van der Waals surface area contributed by atoms with Crippen LogP contribution in [-0.4, -0.2) is 14.8 Å². The van der Waals surface area contributed by atoms with Crippen LogP contribution < -0.4 is 11.3 Å². The van der Waals surface area contributed by atoms with Gasteiger partial charge in [0.25, 0.3) is 0 Å². The lowest BCUT2D eigenvalue weighted by atomic mass is 9.86. The summed E-state index contributed by atoms with van der Waals surface area (Å²) in [6.07, 6.45) is 0.144. The number of nitrogens with zero attached hydrogens (tertiary/aromatic N) is 1. The first-order valence-electron chi connectivity index (χ1n) is 13.9. The summed E-state index contributed by atoms with van der Waals surface area (Å²) < 4.78 is 13.4. The van der Waals surface area contributed by atoms with Crippen molar-refractivity contribution in [3.05, 3.63) is 129 Å². The molecule has 3 aromatic heterocycles. The molecule has 0 fully saturated rings. The van der Waals surface area contributed by atoms with Crippen molar-refractivity contribution >= 4 is 43.7 Å². The second-order valence-corrected chi connectivity index (χ2v) is 10.6. The number of hydrogen-bond donors (Lipinski definition) is 2. The summed E-state index contributed by atoms with van der Waals surface area (Å²) in [5, 5.41) is 25.4. The van der Waals surface area contributed by atoms with Gasteiger partial charge in [-0.05, 0) is 73.7 Å². The fourth-order valence-electron chi connectivity index (χ4n) is 6.17. The number of para-hydroxylation sites is 3.